The molecule has 23 heavy (non-hydrogen) atoms. The molecule has 4 nitrogen and oxygen atoms in total. The minimum absolute atomic E-state index is 0.126. The lowest BCUT2D eigenvalue weighted by atomic mass is 9.86. The van der Waals surface area contributed by atoms with Crippen LogP contribution in [0.4, 0.5) is 0 Å². The van der Waals surface area contributed by atoms with Gasteiger partial charge in [0.05, 0.1) is 16.3 Å². The molecular weight excluding hydrogens is 306 g/mol. The highest BCUT2D eigenvalue weighted by Gasteiger charge is 2.26. The van der Waals surface area contributed by atoms with Gasteiger partial charge in [-0.05, 0) is 37.8 Å². The lowest BCUT2D eigenvalue weighted by molar-refractivity contribution is -0.121. The molecule has 1 aliphatic carbocycles. The zero-order valence-electron chi connectivity index (χ0n) is 14.1. The van der Waals surface area contributed by atoms with Crippen molar-refractivity contribution in [2.24, 2.45) is 13.0 Å². The van der Waals surface area contributed by atoms with Gasteiger partial charge in [0.15, 0.2) is 5.16 Å². The third-order valence-electron chi connectivity index (χ3n) is 4.84. The molecular formula is C18H25N3OS. The van der Waals surface area contributed by atoms with Crippen LogP contribution in [0.1, 0.15) is 39.5 Å². The van der Waals surface area contributed by atoms with Gasteiger partial charge < -0.3 is 9.88 Å². The van der Waals surface area contributed by atoms with Gasteiger partial charge in [0, 0.05) is 13.1 Å². The highest BCUT2D eigenvalue weighted by atomic mass is 32.2. The first kappa shape index (κ1) is 16.4. The molecule has 5 heteroatoms. The molecule has 1 aromatic carbocycles. The molecule has 1 aliphatic rings. The maximum absolute atomic E-state index is 12.5. The summed E-state index contributed by atoms with van der Waals surface area (Å²) in [4.78, 5) is 17.2. The highest BCUT2D eigenvalue weighted by molar-refractivity contribution is 8.00. The van der Waals surface area contributed by atoms with Gasteiger partial charge in [-0.15, -0.1) is 0 Å². The molecule has 3 rings (SSSR count). The van der Waals surface area contributed by atoms with E-state index in [9.17, 15) is 4.79 Å². The molecule has 124 valence electrons. The summed E-state index contributed by atoms with van der Waals surface area (Å²) in [7, 11) is 2.01. The standard InChI is InChI=1S/C18H25N3OS/c1-12-8-4-5-9-14(12)19-17(22)13(2)23-18-20-15-10-6-7-11-16(15)21(18)3/h6-7,10-14H,4-5,8-9H2,1-3H3,(H,19,22). The summed E-state index contributed by atoms with van der Waals surface area (Å²) in [5.41, 5.74) is 2.08. The van der Waals surface area contributed by atoms with Crippen LogP contribution in [0.25, 0.3) is 11.0 Å². The summed E-state index contributed by atoms with van der Waals surface area (Å²) in [6, 6.07) is 8.40. The maximum Gasteiger partial charge on any atom is 0.233 e. The number of para-hydroxylation sites is 2. The maximum atomic E-state index is 12.5. The Morgan fingerprint density at radius 3 is 2.83 bits per heavy atom. The third-order valence-corrected chi connectivity index (χ3v) is 5.98. The van der Waals surface area contributed by atoms with E-state index in [1.54, 1.807) is 0 Å². The SMILES string of the molecule is CC(Sc1nc2ccccc2n1C)C(=O)NC1CCCCC1C. The van der Waals surface area contributed by atoms with Crippen LogP contribution in [-0.2, 0) is 11.8 Å². The van der Waals surface area contributed by atoms with E-state index in [2.05, 4.69) is 27.9 Å². The van der Waals surface area contributed by atoms with Gasteiger partial charge in [0.1, 0.15) is 0 Å². The Hall–Kier alpha value is -1.49. The zero-order valence-corrected chi connectivity index (χ0v) is 14.9. The van der Waals surface area contributed by atoms with Crippen molar-refractivity contribution in [3.05, 3.63) is 24.3 Å². The van der Waals surface area contributed by atoms with Crippen LogP contribution >= 0.6 is 11.8 Å². The normalized spacial score (nSPS) is 22.9. The van der Waals surface area contributed by atoms with E-state index in [1.165, 1.54) is 31.0 Å². The van der Waals surface area contributed by atoms with Crippen LogP contribution in [-0.4, -0.2) is 26.8 Å². The van der Waals surface area contributed by atoms with Crippen LogP contribution < -0.4 is 5.32 Å². The number of fused-ring (bicyclic) bond motifs is 1. The Bertz CT molecular complexity index is 697. The fraction of sp³-hybridized carbons (Fsp3) is 0.556. The number of hydrogen-bond acceptors (Lipinski definition) is 3. The molecule has 3 atom stereocenters. The first-order chi connectivity index (χ1) is 11.1. The van der Waals surface area contributed by atoms with Crippen molar-refractivity contribution in [3.63, 3.8) is 0 Å². The summed E-state index contributed by atoms with van der Waals surface area (Å²) in [5.74, 6) is 0.710. The fourth-order valence-electron chi connectivity index (χ4n) is 3.27. The first-order valence-corrected chi connectivity index (χ1v) is 9.32. The van der Waals surface area contributed by atoms with Crippen molar-refractivity contribution < 1.29 is 4.79 Å². The molecule has 0 aliphatic heterocycles. The van der Waals surface area contributed by atoms with Gasteiger partial charge >= 0.3 is 0 Å². The van der Waals surface area contributed by atoms with Crippen molar-refractivity contribution in [1.29, 1.82) is 0 Å². The Morgan fingerprint density at radius 1 is 1.35 bits per heavy atom. The summed E-state index contributed by atoms with van der Waals surface area (Å²) in [5, 5.41) is 4.00. The van der Waals surface area contributed by atoms with Crippen molar-refractivity contribution >= 4 is 28.7 Å². The van der Waals surface area contributed by atoms with Gasteiger partial charge in [-0.3, -0.25) is 4.79 Å². The number of carbonyl (C=O) groups excluding carboxylic acids is 1. The number of imidazole rings is 1. The molecule has 2 aromatic rings. The molecule has 1 amide bonds. The topological polar surface area (TPSA) is 46.9 Å². The predicted octanol–water partition coefficient (Wildman–Crippen LogP) is 3.75. The number of amides is 1. The average Bonchev–Trinajstić information content (AvgIpc) is 2.86. The van der Waals surface area contributed by atoms with E-state index in [1.807, 2.05) is 32.2 Å². The number of carbonyl (C=O) groups is 1. The monoisotopic (exact) mass is 331 g/mol. The lowest BCUT2D eigenvalue weighted by Gasteiger charge is -2.30. The smallest absolute Gasteiger partial charge is 0.233 e. The number of rotatable bonds is 4. The van der Waals surface area contributed by atoms with Gasteiger partial charge in [-0.1, -0.05) is 43.7 Å². The fourth-order valence-corrected chi connectivity index (χ4v) is 4.17. The van der Waals surface area contributed by atoms with Crippen molar-refractivity contribution in [2.75, 3.05) is 0 Å². The highest BCUT2D eigenvalue weighted by Crippen LogP contribution is 2.28. The molecule has 3 unspecified atom stereocenters. The number of nitrogens with one attached hydrogen (secondary N) is 1. The number of benzene rings is 1. The largest absolute Gasteiger partial charge is 0.352 e. The number of aryl methyl sites for hydroxylation is 1. The van der Waals surface area contributed by atoms with Gasteiger partial charge in [-0.2, -0.15) is 0 Å². The van der Waals surface area contributed by atoms with Gasteiger partial charge in [0.25, 0.3) is 0 Å². The number of aromatic nitrogens is 2. The molecule has 0 radical (unpaired) electrons. The zero-order chi connectivity index (χ0) is 16.4. The average molecular weight is 331 g/mol. The molecule has 1 saturated carbocycles. The second kappa shape index (κ2) is 6.95. The molecule has 1 heterocycles. The van der Waals surface area contributed by atoms with Crippen LogP contribution in [0.2, 0.25) is 0 Å². The van der Waals surface area contributed by atoms with Crippen LogP contribution in [0, 0.1) is 5.92 Å². The Balaban J connectivity index is 1.66. The van der Waals surface area contributed by atoms with Crippen molar-refractivity contribution in [3.8, 4) is 0 Å². The molecule has 1 fully saturated rings. The minimum atomic E-state index is -0.139. The summed E-state index contributed by atoms with van der Waals surface area (Å²) in [6.07, 6.45) is 4.84. The summed E-state index contributed by atoms with van der Waals surface area (Å²) in [6.45, 7) is 4.21. The number of thioether (sulfide) groups is 1. The van der Waals surface area contributed by atoms with E-state index in [4.69, 9.17) is 0 Å². The summed E-state index contributed by atoms with van der Waals surface area (Å²) < 4.78 is 2.06. The quantitative estimate of drug-likeness (QED) is 0.868. The van der Waals surface area contributed by atoms with Crippen LogP contribution in [0.15, 0.2) is 29.4 Å². The molecule has 1 N–H and O–H groups in total. The second-order valence-electron chi connectivity index (χ2n) is 6.58. The second-order valence-corrected chi connectivity index (χ2v) is 7.89. The Morgan fingerprint density at radius 2 is 2.09 bits per heavy atom. The molecule has 1 aromatic heterocycles. The number of hydrogen-bond donors (Lipinski definition) is 1. The third kappa shape index (κ3) is 3.55. The van der Waals surface area contributed by atoms with Crippen LogP contribution in [0.3, 0.4) is 0 Å². The van der Waals surface area contributed by atoms with Crippen molar-refractivity contribution in [2.45, 2.75) is 56.0 Å². The van der Waals surface area contributed by atoms with E-state index in [0.717, 1.165) is 22.6 Å². The lowest BCUT2D eigenvalue weighted by Crippen LogP contribution is -2.44. The van der Waals surface area contributed by atoms with E-state index in [0.29, 0.717) is 12.0 Å². The Labute approximate surface area is 142 Å². The van der Waals surface area contributed by atoms with Crippen LogP contribution in [0.5, 0.6) is 0 Å². The Kier molecular flexibility index (Phi) is 4.95. The minimum Gasteiger partial charge on any atom is -0.352 e. The van der Waals surface area contributed by atoms with Gasteiger partial charge in [0.2, 0.25) is 5.91 Å². The molecule has 0 spiro atoms. The van der Waals surface area contributed by atoms with E-state index < -0.39 is 0 Å². The van der Waals surface area contributed by atoms with Crippen molar-refractivity contribution in [1.82, 2.24) is 14.9 Å². The number of nitrogens with zero attached hydrogens (tertiary/aromatic N) is 2. The predicted molar refractivity (Wildman–Crippen MR) is 95.6 cm³/mol. The van der Waals surface area contributed by atoms with Gasteiger partial charge in [-0.25, -0.2) is 4.98 Å². The summed E-state index contributed by atoms with van der Waals surface area (Å²) >= 11 is 1.53. The first-order valence-electron chi connectivity index (χ1n) is 8.44. The van der Waals surface area contributed by atoms with E-state index >= 15 is 0 Å². The molecule has 0 saturated heterocycles. The molecule has 0 bridgehead atoms. The van der Waals surface area contributed by atoms with E-state index in [-0.39, 0.29) is 11.2 Å².